The summed E-state index contributed by atoms with van der Waals surface area (Å²) in [6, 6.07) is 0. The summed E-state index contributed by atoms with van der Waals surface area (Å²) >= 11 is 0. The van der Waals surface area contributed by atoms with Gasteiger partial charge in [0, 0.05) is 6.08 Å². The van der Waals surface area contributed by atoms with Gasteiger partial charge in [0.15, 0.2) is 0 Å². The van der Waals surface area contributed by atoms with Gasteiger partial charge in [0.25, 0.3) is 0 Å². The lowest BCUT2D eigenvalue weighted by molar-refractivity contribution is -0.134. The van der Waals surface area contributed by atoms with Crippen LogP contribution >= 0.6 is 0 Å². The van der Waals surface area contributed by atoms with Crippen LogP contribution in [0.5, 0.6) is 0 Å². The highest BCUT2D eigenvalue weighted by atomic mass is 16.5. The van der Waals surface area contributed by atoms with Crippen LogP contribution in [0, 0.1) is 0 Å². The van der Waals surface area contributed by atoms with Crippen LogP contribution in [0.3, 0.4) is 0 Å². The summed E-state index contributed by atoms with van der Waals surface area (Å²) in [7, 11) is 2.06. The molecule has 0 heterocycles. The van der Waals surface area contributed by atoms with Gasteiger partial charge in [-0.1, -0.05) is 6.58 Å². The van der Waals surface area contributed by atoms with E-state index < -0.39 is 5.97 Å². The molecule has 3 nitrogen and oxygen atoms in total. The van der Waals surface area contributed by atoms with E-state index in [-0.39, 0.29) is 0 Å². The maximum absolute atomic E-state index is 9.84. The zero-order valence-corrected chi connectivity index (χ0v) is 5.01. The quantitative estimate of drug-likeness (QED) is 0.368. The molecule has 0 saturated carbocycles. The lowest BCUT2D eigenvalue weighted by Crippen LogP contribution is -1.91. The normalized spacial score (nSPS) is 5.88. The highest BCUT2D eigenvalue weighted by molar-refractivity contribution is 5.80. The molecule has 3 heteroatoms. The molecule has 0 amide bonds. The van der Waals surface area contributed by atoms with Crippen LogP contribution in [0.2, 0.25) is 0 Å². The highest BCUT2D eigenvalue weighted by Gasteiger charge is 1.81. The summed E-state index contributed by atoms with van der Waals surface area (Å²) in [6.45, 7) is 3.16. The summed E-state index contributed by atoms with van der Waals surface area (Å²) in [6.07, 6.45) is 1.11. The van der Waals surface area contributed by atoms with Crippen LogP contribution in [0.15, 0.2) is 12.7 Å². The minimum Gasteiger partial charge on any atom is -0.466 e. The molecule has 1 radical (unpaired) electrons. The number of esters is 1. The van der Waals surface area contributed by atoms with E-state index in [0.29, 0.717) is 0 Å². The van der Waals surface area contributed by atoms with E-state index >= 15 is 0 Å². The lowest BCUT2D eigenvalue weighted by atomic mass is 10.7. The molecule has 0 spiro atoms. The third-order valence-corrected chi connectivity index (χ3v) is 0.368. The van der Waals surface area contributed by atoms with Gasteiger partial charge >= 0.3 is 5.97 Å². The molecule has 0 aromatic heterocycles. The van der Waals surface area contributed by atoms with Gasteiger partial charge in [-0.2, -0.15) is 0 Å². The SMILES string of the molecule is C=CC(=O)OC.C[O]. The van der Waals surface area contributed by atoms with Crippen LogP contribution in [-0.2, 0) is 14.6 Å². The number of rotatable bonds is 1. The Balaban J connectivity index is 0. The van der Waals surface area contributed by atoms with Gasteiger partial charge in [-0.15, -0.1) is 0 Å². The molecule has 0 aromatic rings. The van der Waals surface area contributed by atoms with Crippen molar-refractivity contribution in [1.29, 1.82) is 0 Å². The molecule has 0 bridgehead atoms. The Morgan fingerprint density at radius 2 is 2.00 bits per heavy atom. The fourth-order valence-corrected chi connectivity index (χ4v) is 0.0833. The molecule has 0 fully saturated rings. The van der Waals surface area contributed by atoms with Crippen molar-refractivity contribution in [2.24, 2.45) is 0 Å². The van der Waals surface area contributed by atoms with Crippen LogP contribution in [0.1, 0.15) is 0 Å². The summed E-state index contributed by atoms with van der Waals surface area (Å²) < 4.78 is 4.14. The number of carbonyl (C=O) groups is 1. The van der Waals surface area contributed by atoms with Crippen LogP contribution in [0.4, 0.5) is 0 Å². The summed E-state index contributed by atoms with van der Waals surface area (Å²) in [5.41, 5.74) is 0. The third kappa shape index (κ3) is 8.95. The Labute approximate surface area is 48.6 Å². The number of hydrogen-bond donors (Lipinski definition) is 0. The number of hydrogen-bond acceptors (Lipinski definition) is 2. The Kier molecular flexibility index (Phi) is 12.1. The summed E-state index contributed by atoms with van der Waals surface area (Å²) in [5, 5.41) is 8.25. The zero-order valence-electron chi connectivity index (χ0n) is 5.01. The van der Waals surface area contributed by atoms with Crippen molar-refractivity contribution in [3.05, 3.63) is 12.7 Å². The molecule has 0 rings (SSSR count). The van der Waals surface area contributed by atoms with Crippen molar-refractivity contribution in [3.8, 4) is 0 Å². The lowest BCUT2D eigenvalue weighted by Gasteiger charge is -1.83. The first-order chi connectivity index (χ1) is 3.81. The smallest absolute Gasteiger partial charge is 0.329 e. The van der Waals surface area contributed by atoms with E-state index in [1.807, 2.05) is 0 Å². The van der Waals surface area contributed by atoms with Crippen molar-refractivity contribution in [1.82, 2.24) is 0 Å². The fourth-order valence-electron chi connectivity index (χ4n) is 0.0833. The second-order valence-electron chi connectivity index (χ2n) is 0.727. The topological polar surface area (TPSA) is 46.2 Å². The average molecular weight is 117 g/mol. The van der Waals surface area contributed by atoms with Gasteiger partial charge < -0.3 is 4.74 Å². The van der Waals surface area contributed by atoms with E-state index in [1.54, 1.807) is 0 Å². The van der Waals surface area contributed by atoms with Crippen LogP contribution in [-0.4, -0.2) is 20.2 Å². The zero-order chi connectivity index (χ0) is 6.99. The largest absolute Gasteiger partial charge is 0.466 e. The molecule has 0 aliphatic carbocycles. The molecule has 0 N–H and O–H groups in total. The Bertz CT molecular complexity index is 68.1. The molecule has 47 valence electrons. The van der Waals surface area contributed by atoms with E-state index in [0.717, 1.165) is 13.2 Å². The van der Waals surface area contributed by atoms with Gasteiger partial charge in [-0.3, -0.25) is 0 Å². The first kappa shape index (κ1) is 10.2. The Morgan fingerprint density at radius 1 is 1.62 bits per heavy atom. The van der Waals surface area contributed by atoms with Crippen LogP contribution in [0.25, 0.3) is 0 Å². The van der Waals surface area contributed by atoms with Crippen molar-refractivity contribution in [2.75, 3.05) is 14.2 Å². The number of carbonyl (C=O) groups excluding carboxylic acids is 1. The predicted octanol–water partition coefficient (Wildman–Crippen LogP) is 0.392. The standard InChI is InChI=1S/C4H6O2.CH3O/c1-3-4(5)6-2;1-2/h3H,1H2,2H3;1H3. The van der Waals surface area contributed by atoms with Gasteiger partial charge in [-0.25, -0.2) is 9.90 Å². The maximum Gasteiger partial charge on any atom is 0.329 e. The second-order valence-corrected chi connectivity index (χ2v) is 0.727. The van der Waals surface area contributed by atoms with E-state index in [4.69, 9.17) is 5.11 Å². The van der Waals surface area contributed by atoms with Crippen molar-refractivity contribution >= 4 is 5.97 Å². The van der Waals surface area contributed by atoms with E-state index in [1.165, 1.54) is 7.11 Å². The summed E-state index contributed by atoms with van der Waals surface area (Å²) in [4.78, 5) is 9.84. The summed E-state index contributed by atoms with van der Waals surface area (Å²) in [5.74, 6) is -0.394. The third-order valence-electron chi connectivity index (χ3n) is 0.368. The van der Waals surface area contributed by atoms with Crippen molar-refractivity contribution < 1.29 is 14.6 Å². The first-order valence-electron chi connectivity index (χ1n) is 1.92. The maximum atomic E-state index is 9.84. The molecule has 0 unspecified atom stereocenters. The molecular formula is C5H9O3. The van der Waals surface area contributed by atoms with Crippen molar-refractivity contribution in [2.45, 2.75) is 0 Å². The molecule has 0 saturated heterocycles. The second kappa shape index (κ2) is 9.48. The first-order valence-corrected chi connectivity index (χ1v) is 1.92. The Morgan fingerprint density at radius 3 is 2.00 bits per heavy atom. The molecular weight excluding hydrogens is 108 g/mol. The monoisotopic (exact) mass is 117 g/mol. The molecule has 0 aliphatic heterocycles. The number of methoxy groups -OCH3 is 1. The van der Waals surface area contributed by atoms with Gasteiger partial charge in [-0.05, 0) is 0 Å². The van der Waals surface area contributed by atoms with Crippen LogP contribution < -0.4 is 0 Å². The van der Waals surface area contributed by atoms with Gasteiger partial charge in [0.2, 0.25) is 0 Å². The average Bonchev–Trinajstić information content (AvgIpc) is 1.91. The molecule has 8 heavy (non-hydrogen) atoms. The van der Waals surface area contributed by atoms with Crippen molar-refractivity contribution in [3.63, 3.8) is 0 Å². The van der Waals surface area contributed by atoms with E-state index in [2.05, 4.69) is 11.3 Å². The molecule has 0 atom stereocenters. The van der Waals surface area contributed by atoms with Gasteiger partial charge in [0.05, 0.1) is 14.2 Å². The number of ether oxygens (including phenoxy) is 1. The minimum atomic E-state index is -0.394. The predicted molar refractivity (Wildman–Crippen MR) is 28.8 cm³/mol. The molecule has 0 aliphatic rings. The van der Waals surface area contributed by atoms with Gasteiger partial charge in [0.1, 0.15) is 0 Å². The molecule has 0 aromatic carbocycles. The van der Waals surface area contributed by atoms with E-state index in [9.17, 15) is 4.79 Å². The minimum absolute atomic E-state index is 0.394. The Hall–Kier alpha value is -0.830. The highest BCUT2D eigenvalue weighted by Crippen LogP contribution is 1.67. The fraction of sp³-hybridized carbons (Fsp3) is 0.400.